The lowest BCUT2D eigenvalue weighted by Gasteiger charge is -2.13. The molecule has 1 aliphatic carbocycles. The summed E-state index contributed by atoms with van der Waals surface area (Å²) in [5.41, 5.74) is 1.86. The highest BCUT2D eigenvalue weighted by molar-refractivity contribution is 7.60. The molecule has 146 valence electrons. The molecule has 7 nitrogen and oxygen atoms in total. The molecule has 0 aliphatic heterocycles. The SMILES string of the molecule is COc1cc(-c2cnc3cc(P(F)CO)ccn23)cc(O)c1C(=O)NC1CC1. The number of phenolic OH excluding ortho intramolecular Hbond substituents is 1. The maximum Gasteiger partial charge on any atom is 0.259 e. The summed E-state index contributed by atoms with van der Waals surface area (Å²) in [6.07, 6.45) is 4.60. The Kier molecular flexibility index (Phi) is 4.91. The first-order chi connectivity index (χ1) is 13.5. The van der Waals surface area contributed by atoms with Crippen molar-refractivity contribution in [2.75, 3.05) is 13.5 Å². The molecule has 0 saturated heterocycles. The van der Waals surface area contributed by atoms with Gasteiger partial charge in [0.25, 0.3) is 5.91 Å². The lowest BCUT2D eigenvalue weighted by Crippen LogP contribution is -2.26. The monoisotopic (exact) mass is 403 g/mol. The number of aliphatic hydroxyl groups is 1. The van der Waals surface area contributed by atoms with Crippen molar-refractivity contribution in [3.8, 4) is 22.8 Å². The number of phenols is 1. The summed E-state index contributed by atoms with van der Waals surface area (Å²) in [6.45, 7) is 0. The van der Waals surface area contributed by atoms with Gasteiger partial charge in [0.2, 0.25) is 0 Å². The largest absolute Gasteiger partial charge is 0.507 e. The van der Waals surface area contributed by atoms with Crippen LogP contribution in [-0.2, 0) is 0 Å². The van der Waals surface area contributed by atoms with Crippen molar-refractivity contribution in [2.45, 2.75) is 18.9 Å². The fourth-order valence-corrected chi connectivity index (χ4v) is 3.69. The number of aliphatic hydroxyl groups excluding tert-OH is 1. The Labute approximate surface area is 161 Å². The number of halogens is 1. The molecule has 1 aliphatic rings. The van der Waals surface area contributed by atoms with E-state index in [0.717, 1.165) is 12.8 Å². The summed E-state index contributed by atoms with van der Waals surface area (Å²) >= 11 is 0. The summed E-state index contributed by atoms with van der Waals surface area (Å²) in [7, 11) is -0.685. The van der Waals surface area contributed by atoms with E-state index in [1.165, 1.54) is 13.2 Å². The molecule has 3 aromatic rings. The number of hydrogen-bond donors (Lipinski definition) is 3. The van der Waals surface area contributed by atoms with Crippen molar-refractivity contribution in [1.29, 1.82) is 0 Å². The molecular weight excluding hydrogens is 384 g/mol. The van der Waals surface area contributed by atoms with Gasteiger partial charge in [-0.25, -0.2) is 9.18 Å². The molecule has 4 rings (SSSR count). The Morgan fingerprint density at radius 1 is 1.43 bits per heavy atom. The van der Waals surface area contributed by atoms with Gasteiger partial charge in [-0.2, -0.15) is 0 Å². The van der Waals surface area contributed by atoms with Crippen LogP contribution in [0.25, 0.3) is 16.9 Å². The fourth-order valence-electron chi connectivity index (χ4n) is 3.04. The maximum absolute atomic E-state index is 13.8. The third-order valence-corrected chi connectivity index (χ3v) is 5.72. The first-order valence-electron chi connectivity index (χ1n) is 8.75. The first kappa shape index (κ1) is 18.7. The number of amides is 1. The Morgan fingerprint density at radius 3 is 2.89 bits per heavy atom. The Bertz CT molecular complexity index is 1050. The molecule has 3 N–H and O–H groups in total. The van der Waals surface area contributed by atoms with Crippen LogP contribution >= 0.6 is 8.23 Å². The molecule has 1 fully saturated rings. The molecular formula is C19H19FN3O4P. The second-order valence-electron chi connectivity index (χ2n) is 6.58. The van der Waals surface area contributed by atoms with E-state index in [2.05, 4.69) is 10.3 Å². The van der Waals surface area contributed by atoms with E-state index in [-0.39, 0.29) is 29.0 Å². The van der Waals surface area contributed by atoms with Gasteiger partial charge in [-0.05, 0) is 37.1 Å². The second kappa shape index (κ2) is 7.37. The normalized spacial score (nSPS) is 14.8. The van der Waals surface area contributed by atoms with Gasteiger partial charge >= 0.3 is 0 Å². The van der Waals surface area contributed by atoms with Crippen molar-refractivity contribution in [2.24, 2.45) is 0 Å². The molecule has 2 aromatic heterocycles. The summed E-state index contributed by atoms with van der Waals surface area (Å²) in [6, 6.07) is 6.48. The summed E-state index contributed by atoms with van der Waals surface area (Å²) in [4.78, 5) is 16.7. The number of hydrogen-bond acceptors (Lipinski definition) is 5. The standard InChI is InChI=1S/C19H19FN3O4P/c1-27-16-7-11(6-15(25)18(16)19(26)22-12-2-3-12)14-9-21-17-8-13(28(20)10-24)4-5-23(14)17/h4-9,12,24-25H,2-3,10H2,1H3,(H,22,26). The van der Waals surface area contributed by atoms with E-state index in [4.69, 9.17) is 9.84 Å². The molecule has 28 heavy (non-hydrogen) atoms. The summed E-state index contributed by atoms with van der Waals surface area (Å²) in [5.74, 6) is -0.301. The van der Waals surface area contributed by atoms with E-state index in [1.54, 1.807) is 35.0 Å². The quantitative estimate of drug-likeness (QED) is 0.550. The zero-order chi connectivity index (χ0) is 19.8. The number of ether oxygens (including phenoxy) is 1. The van der Waals surface area contributed by atoms with Crippen LogP contribution in [0.2, 0.25) is 0 Å². The van der Waals surface area contributed by atoms with Gasteiger partial charge in [0, 0.05) is 23.1 Å². The van der Waals surface area contributed by atoms with E-state index in [9.17, 15) is 14.1 Å². The number of methoxy groups -OCH3 is 1. The smallest absolute Gasteiger partial charge is 0.259 e. The Morgan fingerprint density at radius 2 is 2.21 bits per heavy atom. The topological polar surface area (TPSA) is 96.1 Å². The molecule has 2 heterocycles. The Hall–Kier alpha value is -2.70. The third-order valence-electron chi connectivity index (χ3n) is 4.64. The van der Waals surface area contributed by atoms with Gasteiger partial charge in [0.15, 0.2) is 0 Å². The van der Waals surface area contributed by atoms with Crippen molar-refractivity contribution < 1.29 is 23.9 Å². The fraction of sp³-hybridized carbons (Fsp3) is 0.263. The third kappa shape index (κ3) is 3.41. The van der Waals surface area contributed by atoms with Crippen LogP contribution in [0.1, 0.15) is 23.2 Å². The number of nitrogens with one attached hydrogen (secondary N) is 1. The second-order valence-corrected chi connectivity index (χ2v) is 8.10. The summed E-state index contributed by atoms with van der Waals surface area (Å²) in [5, 5.41) is 22.7. The number of fused-ring (bicyclic) bond motifs is 1. The molecule has 1 atom stereocenters. The van der Waals surface area contributed by atoms with Crippen molar-refractivity contribution in [3.05, 3.63) is 42.2 Å². The molecule has 0 spiro atoms. The highest BCUT2D eigenvalue weighted by atomic mass is 31.2. The van der Waals surface area contributed by atoms with Gasteiger partial charge < -0.3 is 20.3 Å². The van der Waals surface area contributed by atoms with Crippen LogP contribution in [0.15, 0.2) is 36.7 Å². The minimum atomic E-state index is -2.12. The van der Waals surface area contributed by atoms with E-state index in [0.29, 0.717) is 22.2 Å². The lowest BCUT2D eigenvalue weighted by molar-refractivity contribution is 0.0945. The van der Waals surface area contributed by atoms with Gasteiger partial charge in [0.05, 0.1) is 25.3 Å². The number of carbonyl (C=O) groups is 1. The van der Waals surface area contributed by atoms with Crippen LogP contribution in [0.3, 0.4) is 0 Å². The summed E-state index contributed by atoms with van der Waals surface area (Å²) < 4.78 is 20.9. The molecule has 1 saturated carbocycles. The van der Waals surface area contributed by atoms with Crippen LogP contribution < -0.4 is 15.4 Å². The molecule has 1 amide bonds. The van der Waals surface area contributed by atoms with Crippen molar-refractivity contribution >= 4 is 25.1 Å². The highest BCUT2D eigenvalue weighted by Crippen LogP contribution is 2.37. The van der Waals surface area contributed by atoms with Crippen LogP contribution in [0, 0.1) is 0 Å². The number of nitrogens with zero attached hydrogens (tertiary/aromatic N) is 2. The number of carbonyl (C=O) groups excluding carboxylic acids is 1. The molecule has 9 heteroatoms. The predicted octanol–water partition coefficient (Wildman–Crippen LogP) is 2.55. The zero-order valence-corrected chi connectivity index (χ0v) is 16.0. The average molecular weight is 403 g/mol. The number of pyridine rings is 1. The van der Waals surface area contributed by atoms with Crippen LogP contribution in [0.5, 0.6) is 11.5 Å². The van der Waals surface area contributed by atoms with Crippen LogP contribution in [0.4, 0.5) is 4.20 Å². The highest BCUT2D eigenvalue weighted by Gasteiger charge is 2.27. The maximum atomic E-state index is 13.8. The molecule has 0 radical (unpaired) electrons. The van der Waals surface area contributed by atoms with Gasteiger partial charge in [-0.3, -0.25) is 9.20 Å². The van der Waals surface area contributed by atoms with Gasteiger partial charge in [0.1, 0.15) is 30.9 Å². The van der Waals surface area contributed by atoms with E-state index in [1.807, 2.05) is 0 Å². The average Bonchev–Trinajstić information content (AvgIpc) is 3.41. The zero-order valence-electron chi connectivity index (χ0n) is 15.1. The van der Waals surface area contributed by atoms with E-state index < -0.39 is 14.6 Å². The number of rotatable bonds is 6. The minimum Gasteiger partial charge on any atom is -0.507 e. The van der Waals surface area contributed by atoms with Gasteiger partial charge in [-0.1, -0.05) is 0 Å². The molecule has 1 aromatic carbocycles. The Balaban J connectivity index is 1.74. The number of aromatic nitrogens is 2. The van der Waals surface area contributed by atoms with Crippen molar-refractivity contribution in [1.82, 2.24) is 14.7 Å². The number of imidazole rings is 1. The van der Waals surface area contributed by atoms with Crippen LogP contribution in [-0.4, -0.2) is 45.0 Å². The first-order valence-corrected chi connectivity index (χ1v) is 10.2. The predicted molar refractivity (Wildman–Crippen MR) is 104 cm³/mol. The van der Waals surface area contributed by atoms with Gasteiger partial charge in [-0.15, -0.1) is 0 Å². The minimum absolute atomic E-state index is 0.0975. The van der Waals surface area contributed by atoms with E-state index >= 15 is 0 Å². The lowest BCUT2D eigenvalue weighted by atomic mass is 10.1. The number of aromatic hydroxyl groups is 1. The molecule has 0 bridgehead atoms. The molecule has 1 unspecified atom stereocenters. The van der Waals surface area contributed by atoms with Crippen molar-refractivity contribution in [3.63, 3.8) is 0 Å². The number of benzene rings is 1.